The lowest BCUT2D eigenvalue weighted by atomic mass is 9.95. The topological polar surface area (TPSA) is 35.6 Å². The summed E-state index contributed by atoms with van der Waals surface area (Å²) in [5.74, 6) is 1.13. The van der Waals surface area contributed by atoms with Gasteiger partial charge in [0.25, 0.3) is 0 Å². The average molecular weight is 239 g/mol. The third-order valence-corrected chi connectivity index (χ3v) is 4.17. The summed E-state index contributed by atoms with van der Waals surface area (Å²) in [5.41, 5.74) is 0. The number of carbonyl (C=O) groups excluding carboxylic acids is 1. The van der Waals surface area contributed by atoms with Crippen LogP contribution in [0.1, 0.15) is 26.2 Å². The number of rotatable bonds is 4. The molecule has 4 heteroatoms. The number of carbonyl (C=O) groups is 1. The van der Waals surface area contributed by atoms with E-state index < -0.39 is 0 Å². The Bertz CT molecular complexity index is 261. The number of amides is 1. The second kappa shape index (κ2) is 5.83. The highest BCUT2D eigenvalue weighted by atomic mass is 16.2. The highest BCUT2D eigenvalue weighted by Crippen LogP contribution is 2.23. The van der Waals surface area contributed by atoms with Gasteiger partial charge in [0, 0.05) is 13.6 Å². The van der Waals surface area contributed by atoms with Crippen molar-refractivity contribution in [3.05, 3.63) is 0 Å². The van der Waals surface area contributed by atoms with E-state index in [1.807, 2.05) is 11.9 Å². The Morgan fingerprint density at radius 1 is 1.24 bits per heavy atom. The van der Waals surface area contributed by atoms with Crippen LogP contribution in [-0.4, -0.2) is 61.5 Å². The van der Waals surface area contributed by atoms with Gasteiger partial charge in [0.2, 0.25) is 5.91 Å². The fourth-order valence-electron chi connectivity index (χ4n) is 2.96. The van der Waals surface area contributed by atoms with E-state index in [1.54, 1.807) is 0 Å². The maximum Gasteiger partial charge on any atom is 0.239 e. The summed E-state index contributed by atoms with van der Waals surface area (Å²) >= 11 is 0. The lowest BCUT2D eigenvalue weighted by Crippen LogP contribution is -2.46. The molecule has 1 atom stereocenters. The molecule has 2 aliphatic rings. The normalized spacial score (nSPS) is 28.0. The zero-order valence-corrected chi connectivity index (χ0v) is 11.1. The number of nitrogens with zero attached hydrogens (tertiary/aromatic N) is 2. The first-order valence-corrected chi connectivity index (χ1v) is 6.92. The van der Waals surface area contributed by atoms with Gasteiger partial charge in [-0.1, -0.05) is 6.92 Å². The van der Waals surface area contributed by atoms with Crippen molar-refractivity contribution in [1.29, 1.82) is 0 Å². The molecular weight excluding hydrogens is 214 g/mol. The van der Waals surface area contributed by atoms with Crippen molar-refractivity contribution in [2.24, 2.45) is 5.92 Å². The number of hydrogen-bond acceptors (Lipinski definition) is 3. The Kier molecular flexibility index (Phi) is 4.40. The van der Waals surface area contributed by atoms with Crippen LogP contribution >= 0.6 is 0 Å². The van der Waals surface area contributed by atoms with E-state index in [0.717, 1.165) is 45.1 Å². The quantitative estimate of drug-likeness (QED) is 0.778. The molecule has 17 heavy (non-hydrogen) atoms. The standard InChI is InChI=1S/C13H25N3O/c1-3-14-10-11-4-8-16(9-5-11)12-6-7-15(2)13(12)17/h11-12,14H,3-10H2,1-2H3. The minimum absolute atomic E-state index is 0.181. The molecule has 2 saturated heterocycles. The van der Waals surface area contributed by atoms with E-state index in [1.165, 1.54) is 12.8 Å². The van der Waals surface area contributed by atoms with Crippen LogP contribution in [0, 0.1) is 5.92 Å². The zero-order valence-electron chi connectivity index (χ0n) is 11.1. The SMILES string of the molecule is CCNCC1CCN(C2CCN(C)C2=O)CC1. The van der Waals surface area contributed by atoms with Gasteiger partial charge in [0.1, 0.15) is 0 Å². The summed E-state index contributed by atoms with van der Waals surface area (Å²) in [6, 6.07) is 0.181. The molecule has 0 aromatic carbocycles. The summed E-state index contributed by atoms with van der Waals surface area (Å²) in [7, 11) is 1.92. The second-order valence-electron chi connectivity index (χ2n) is 5.35. The van der Waals surface area contributed by atoms with Crippen LogP contribution < -0.4 is 5.32 Å². The fourth-order valence-corrected chi connectivity index (χ4v) is 2.96. The van der Waals surface area contributed by atoms with Gasteiger partial charge in [-0.3, -0.25) is 9.69 Å². The first-order chi connectivity index (χ1) is 8.22. The Hall–Kier alpha value is -0.610. The van der Waals surface area contributed by atoms with Crippen LogP contribution in [0.5, 0.6) is 0 Å². The van der Waals surface area contributed by atoms with E-state index in [0.29, 0.717) is 5.91 Å². The molecule has 0 aromatic rings. The minimum Gasteiger partial charge on any atom is -0.344 e. The molecule has 0 aliphatic carbocycles. The Labute approximate surface area is 104 Å². The molecule has 0 bridgehead atoms. The molecule has 0 saturated carbocycles. The molecule has 2 aliphatic heterocycles. The second-order valence-corrected chi connectivity index (χ2v) is 5.35. The first-order valence-electron chi connectivity index (χ1n) is 6.92. The monoisotopic (exact) mass is 239 g/mol. The van der Waals surface area contributed by atoms with Crippen molar-refractivity contribution in [2.45, 2.75) is 32.2 Å². The van der Waals surface area contributed by atoms with E-state index >= 15 is 0 Å². The van der Waals surface area contributed by atoms with Gasteiger partial charge in [0.15, 0.2) is 0 Å². The van der Waals surface area contributed by atoms with Crippen LogP contribution in [0.25, 0.3) is 0 Å². The van der Waals surface area contributed by atoms with E-state index in [2.05, 4.69) is 17.1 Å². The van der Waals surface area contributed by atoms with Crippen molar-refractivity contribution in [3.63, 3.8) is 0 Å². The van der Waals surface area contributed by atoms with Crippen molar-refractivity contribution in [1.82, 2.24) is 15.1 Å². The van der Waals surface area contributed by atoms with E-state index in [-0.39, 0.29) is 6.04 Å². The average Bonchev–Trinajstić information content (AvgIpc) is 2.68. The molecule has 0 aromatic heterocycles. The van der Waals surface area contributed by atoms with E-state index in [9.17, 15) is 4.79 Å². The van der Waals surface area contributed by atoms with Crippen LogP contribution in [0.4, 0.5) is 0 Å². The van der Waals surface area contributed by atoms with Gasteiger partial charge >= 0.3 is 0 Å². The smallest absolute Gasteiger partial charge is 0.239 e. The van der Waals surface area contributed by atoms with Crippen LogP contribution in [0.15, 0.2) is 0 Å². The highest BCUT2D eigenvalue weighted by Gasteiger charge is 2.35. The molecule has 1 N–H and O–H groups in total. The minimum atomic E-state index is 0.181. The lowest BCUT2D eigenvalue weighted by Gasteiger charge is -2.35. The number of nitrogens with one attached hydrogen (secondary N) is 1. The number of likely N-dealkylation sites (N-methyl/N-ethyl adjacent to an activating group) is 1. The molecule has 2 heterocycles. The predicted molar refractivity (Wildman–Crippen MR) is 68.9 cm³/mol. The van der Waals surface area contributed by atoms with Crippen LogP contribution in [0.2, 0.25) is 0 Å². The summed E-state index contributed by atoms with van der Waals surface area (Å²) in [6.45, 7) is 7.48. The Morgan fingerprint density at radius 2 is 1.94 bits per heavy atom. The summed E-state index contributed by atoms with van der Waals surface area (Å²) < 4.78 is 0. The van der Waals surface area contributed by atoms with Crippen molar-refractivity contribution >= 4 is 5.91 Å². The fraction of sp³-hybridized carbons (Fsp3) is 0.923. The highest BCUT2D eigenvalue weighted by molar-refractivity contribution is 5.83. The van der Waals surface area contributed by atoms with Crippen molar-refractivity contribution < 1.29 is 4.79 Å². The van der Waals surface area contributed by atoms with Crippen molar-refractivity contribution in [3.8, 4) is 0 Å². The number of hydrogen-bond donors (Lipinski definition) is 1. The third-order valence-electron chi connectivity index (χ3n) is 4.17. The number of piperidine rings is 1. The van der Waals surface area contributed by atoms with Gasteiger partial charge in [-0.15, -0.1) is 0 Å². The zero-order chi connectivity index (χ0) is 12.3. The maximum absolute atomic E-state index is 11.9. The third kappa shape index (κ3) is 2.99. The molecule has 1 unspecified atom stereocenters. The maximum atomic E-state index is 11.9. The molecule has 2 rings (SSSR count). The molecule has 0 radical (unpaired) electrons. The Balaban J connectivity index is 1.77. The molecule has 2 fully saturated rings. The molecule has 4 nitrogen and oxygen atoms in total. The summed E-state index contributed by atoms with van der Waals surface area (Å²) in [6.07, 6.45) is 3.49. The van der Waals surface area contributed by atoms with Gasteiger partial charge in [-0.2, -0.15) is 0 Å². The van der Waals surface area contributed by atoms with Gasteiger partial charge in [0.05, 0.1) is 6.04 Å². The number of likely N-dealkylation sites (tertiary alicyclic amines) is 2. The van der Waals surface area contributed by atoms with Crippen molar-refractivity contribution in [2.75, 3.05) is 39.8 Å². The van der Waals surface area contributed by atoms with Crippen LogP contribution in [-0.2, 0) is 4.79 Å². The first kappa shape index (κ1) is 12.8. The molecule has 0 spiro atoms. The van der Waals surface area contributed by atoms with Crippen LogP contribution in [0.3, 0.4) is 0 Å². The summed E-state index contributed by atoms with van der Waals surface area (Å²) in [5, 5.41) is 3.42. The van der Waals surface area contributed by atoms with E-state index in [4.69, 9.17) is 0 Å². The molecule has 1 amide bonds. The van der Waals surface area contributed by atoms with Gasteiger partial charge < -0.3 is 10.2 Å². The largest absolute Gasteiger partial charge is 0.344 e. The molecular formula is C13H25N3O. The predicted octanol–water partition coefficient (Wildman–Crippen LogP) is 0.539. The Morgan fingerprint density at radius 3 is 2.47 bits per heavy atom. The van der Waals surface area contributed by atoms with Gasteiger partial charge in [-0.05, 0) is 51.4 Å². The molecule has 98 valence electrons. The lowest BCUT2D eigenvalue weighted by molar-refractivity contribution is -0.131. The van der Waals surface area contributed by atoms with Gasteiger partial charge in [-0.25, -0.2) is 0 Å². The summed E-state index contributed by atoms with van der Waals surface area (Å²) in [4.78, 5) is 16.2.